The monoisotopic (exact) mass is 333 g/mol. The van der Waals surface area contributed by atoms with Gasteiger partial charge in [0.15, 0.2) is 0 Å². The highest BCUT2D eigenvalue weighted by molar-refractivity contribution is 9.10. The largest absolute Gasteiger partial charge is 0.466 e. The number of halogens is 1. The molecular formula is C13H20BrNO2S. The van der Waals surface area contributed by atoms with Crippen molar-refractivity contribution >= 4 is 33.2 Å². The van der Waals surface area contributed by atoms with Crippen molar-refractivity contribution in [3.63, 3.8) is 0 Å². The molecule has 0 amide bonds. The zero-order chi connectivity index (χ0) is 13.5. The quantitative estimate of drug-likeness (QED) is 0.607. The SMILES string of the molecule is CCOC(=O)CCCCC(N)c1cc(Br)c(C)s1. The summed E-state index contributed by atoms with van der Waals surface area (Å²) in [6.45, 7) is 4.36. The minimum absolute atomic E-state index is 0.0715. The molecule has 0 radical (unpaired) electrons. The summed E-state index contributed by atoms with van der Waals surface area (Å²) in [7, 11) is 0. The van der Waals surface area contributed by atoms with Crippen LogP contribution in [0.15, 0.2) is 10.5 Å². The van der Waals surface area contributed by atoms with Crippen LogP contribution in [0.25, 0.3) is 0 Å². The molecule has 1 heterocycles. The molecule has 2 N–H and O–H groups in total. The Bertz CT molecular complexity index is 373. The minimum Gasteiger partial charge on any atom is -0.466 e. The van der Waals surface area contributed by atoms with Crippen molar-refractivity contribution in [2.45, 2.75) is 45.6 Å². The molecule has 0 aliphatic heterocycles. The van der Waals surface area contributed by atoms with Gasteiger partial charge in [0.25, 0.3) is 0 Å². The maximum Gasteiger partial charge on any atom is 0.305 e. The van der Waals surface area contributed by atoms with E-state index in [-0.39, 0.29) is 12.0 Å². The Morgan fingerprint density at radius 2 is 2.28 bits per heavy atom. The van der Waals surface area contributed by atoms with Gasteiger partial charge in [0.2, 0.25) is 0 Å². The van der Waals surface area contributed by atoms with Gasteiger partial charge < -0.3 is 10.5 Å². The number of thiophene rings is 1. The molecule has 1 atom stereocenters. The van der Waals surface area contributed by atoms with Gasteiger partial charge in [-0.3, -0.25) is 4.79 Å². The van der Waals surface area contributed by atoms with E-state index in [1.54, 1.807) is 11.3 Å². The number of aryl methyl sites for hydroxylation is 1. The average Bonchev–Trinajstić information content (AvgIpc) is 2.65. The molecule has 18 heavy (non-hydrogen) atoms. The lowest BCUT2D eigenvalue weighted by atomic mass is 10.1. The molecule has 3 nitrogen and oxygen atoms in total. The van der Waals surface area contributed by atoms with Crippen molar-refractivity contribution in [1.29, 1.82) is 0 Å². The fourth-order valence-corrected chi connectivity index (χ4v) is 3.27. The van der Waals surface area contributed by atoms with Gasteiger partial charge >= 0.3 is 5.97 Å². The lowest BCUT2D eigenvalue weighted by Crippen LogP contribution is -2.09. The number of carbonyl (C=O) groups excluding carboxylic acids is 1. The summed E-state index contributed by atoms with van der Waals surface area (Å²) in [5, 5.41) is 0. The Kier molecular flexibility index (Phi) is 6.89. The van der Waals surface area contributed by atoms with Crippen LogP contribution in [-0.2, 0) is 9.53 Å². The molecular weight excluding hydrogens is 314 g/mol. The first kappa shape index (κ1) is 15.7. The van der Waals surface area contributed by atoms with Gasteiger partial charge in [-0.15, -0.1) is 11.3 Å². The summed E-state index contributed by atoms with van der Waals surface area (Å²) in [4.78, 5) is 13.6. The van der Waals surface area contributed by atoms with Gasteiger partial charge in [-0.25, -0.2) is 0 Å². The predicted octanol–water partition coefficient (Wildman–Crippen LogP) is 3.94. The van der Waals surface area contributed by atoms with Crippen LogP contribution in [0.4, 0.5) is 0 Å². The first-order valence-corrected chi connectivity index (χ1v) is 7.82. The molecule has 0 aliphatic carbocycles. The van der Waals surface area contributed by atoms with E-state index in [0.717, 1.165) is 23.7 Å². The van der Waals surface area contributed by atoms with Crippen molar-refractivity contribution in [3.8, 4) is 0 Å². The van der Waals surface area contributed by atoms with Crippen molar-refractivity contribution in [1.82, 2.24) is 0 Å². The second-order valence-corrected chi connectivity index (χ2v) is 6.35. The number of carbonyl (C=O) groups is 1. The smallest absolute Gasteiger partial charge is 0.305 e. The summed E-state index contributed by atoms with van der Waals surface area (Å²) in [5.41, 5.74) is 6.13. The zero-order valence-electron chi connectivity index (χ0n) is 10.9. The number of rotatable bonds is 7. The molecule has 0 spiro atoms. The van der Waals surface area contributed by atoms with Gasteiger partial charge in [-0.2, -0.15) is 0 Å². The predicted molar refractivity (Wildman–Crippen MR) is 78.8 cm³/mol. The van der Waals surface area contributed by atoms with E-state index in [1.165, 1.54) is 9.75 Å². The molecule has 0 aromatic carbocycles. The molecule has 1 rings (SSSR count). The van der Waals surface area contributed by atoms with Gasteiger partial charge in [0.1, 0.15) is 0 Å². The van der Waals surface area contributed by atoms with Crippen LogP contribution in [0.1, 0.15) is 48.4 Å². The molecule has 0 bridgehead atoms. The third-order valence-electron chi connectivity index (χ3n) is 2.69. The third kappa shape index (κ3) is 5.08. The van der Waals surface area contributed by atoms with E-state index in [1.807, 2.05) is 6.92 Å². The van der Waals surface area contributed by atoms with Gasteiger partial charge in [0.05, 0.1) is 6.61 Å². The van der Waals surface area contributed by atoms with Crippen molar-refractivity contribution in [2.75, 3.05) is 6.61 Å². The summed E-state index contributed by atoms with van der Waals surface area (Å²) >= 11 is 5.23. The second kappa shape index (κ2) is 7.92. The number of nitrogens with two attached hydrogens (primary N) is 1. The lowest BCUT2D eigenvalue weighted by molar-refractivity contribution is -0.143. The van der Waals surface area contributed by atoms with Crippen LogP contribution < -0.4 is 5.73 Å². The number of hydrogen-bond acceptors (Lipinski definition) is 4. The van der Waals surface area contributed by atoms with Gasteiger partial charge in [-0.1, -0.05) is 6.42 Å². The van der Waals surface area contributed by atoms with Crippen LogP contribution in [0.3, 0.4) is 0 Å². The summed E-state index contributed by atoms with van der Waals surface area (Å²) < 4.78 is 6.01. The number of ether oxygens (including phenoxy) is 1. The molecule has 0 aliphatic rings. The molecule has 0 saturated carbocycles. The van der Waals surface area contributed by atoms with Crippen molar-refractivity contribution in [3.05, 3.63) is 20.3 Å². The van der Waals surface area contributed by atoms with Crippen molar-refractivity contribution in [2.24, 2.45) is 5.73 Å². The first-order valence-electron chi connectivity index (χ1n) is 6.21. The summed E-state index contributed by atoms with van der Waals surface area (Å²) in [6, 6.07) is 2.16. The Labute approximate surface area is 121 Å². The Morgan fingerprint density at radius 1 is 1.56 bits per heavy atom. The fourth-order valence-electron chi connectivity index (χ4n) is 1.67. The molecule has 1 unspecified atom stereocenters. The van der Waals surface area contributed by atoms with Crippen LogP contribution in [0, 0.1) is 6.92 Å². The second-order valence-electron chi connectivity index (χ2n) is 4.21. The Morgan fingerprint density at radius 3 is 2.83 bits per heavy atom. The Hall–Kier alpha value is -0.390. The topological polar surface area (TPSA) is 52.3 Å². The van der Waals surface area contributed by atoms with E-state index in [9.17, 15) is 4.79 Å². The van der Waals surface area contributed by atoms with Crippen LogP contribution in [0.2, 0.25) is 0 Å². The fraction of sp³-hybridized carbons (Fsp3) is 0.615. The number of unbranched alkanes of at least 4 members (excludes halogenated alkanes) is 1. The van der Waals surface area contributed by atoms with E-state index >= 15 is 0 Å². The van der Waals surface area contributed by atoms with Crippen LogP contribution in [-0.4, -0.2) is 12.6 Å². The lowest BCUT2D eigenvalue weighted by Gasteiger charge is -2.08. The zero-order valence-corrected chi connectivity index (χ0v) is 13.3. The number of hydrogen-bond donors (Lipinski definition) is 1. The van der Waals surface area contributed by atoms with Crippen LogP contribution >= 0.6 is 27.3 Å². The molecule has 5 heteroatoms. The van der Waals surface area contributed by atoms with Gasteiger partial charge in [0, 0.05) is 26.7 Å². The average molecular weight is 334 g/mol. The third-order valence-corrected chi connectivity index (χ3v) is 4.96. The maximum absolute atomic E-state index is 11.1. The first-order chi connectivity index (χ1) is 8.54. The standard InChI is InChI=1S/C13H20BrNO2S/c1-3-17-13(16)7-5-4-6-11(15)12-8-10(14)9(2)18-12/h8,11H,3-7,15H2,1-2H3. The van der Waals surface area contributed by atoms with E-state index in [2.05, 4.69) is 28.9 Å². The van der Waals surface area contributed by atoms with Crippen LogP contribution in [0.5, 0.6) is 0 Å². The minimum atomic E-state index is -0.110. The maximum atomic E-state index is 11.1. The Balaban J connectivity index is 2.25. The molecule has 0 fully saturated rings. The highest BCUT2D eigenvalue weighted by atomic mass is 79.9. The highest BCUT2D eigenvalue weighted by Gasteiger charge is 2.11. The normalized spacial score (nSPS) is 12.4. The van der Waals surface area contributed by atoms with E-state index in [4.69, 9.17) is 10.5 Å². The van der Waals surface area contributed by atoms with Crippen molar-refractivity contribution < 1.29 is 9.53 Å². The molecule has 1 aromatic rings. The molecule has 0 saturated heterocycles. The van der Waals surface area contributed by atoms with E-state index < -0.39 is 0 Å². The highest BCUT2D eigenvalue weighted by Crippen LogP contribution is 2.31. The van der Waals surface area contributed by atoms with E-state index in [0.29, 0.717) is 13.0 Å². The molecule has 1 aromatic heterocycles. The molecule has 102 valence electrons. The number of esters is 1. The summed E-state index contributed by atoms with van der Waals surface area (Å²) in [6.07, 6.45) is 3.20. The summed E-state index contributed by atoms with van der Waals surface area (Å²) in [5.74, 6) is -0.110. The van der Waals surface area contributed by atoms with Gasteiger partial charge in [-0.05, 0) is 48.7 Å².